The number of unbranched alkanes of at least 4 members (excludes halogenated alkanes) is 46. The summed E-state index contributed by atoms with van der Waals surface area (Å²) in [5.74, 6) is 0.156. The van der Waals surface area contributed by atoms with Crippen molar-refractivity contribution in [3.63, 3.8) is 0 Å². The van der Waals surface area contributed by atoms with E-state index >= 15 is 0 Å². The molecule has 0 saturated heterocycles. The van der Waals surface area contributed by atoms with Crippen LogP contribution in [0.25, 0.3) is 0 Å². The maximum absolute atomic E-state index is 13.1. The van der Waals surface area contributed by atoms with Crippen LogP contribution in [-0.4, -0.2) is 96.7 Å². The molecule has 0 fully saturated rings. The van der Waals surface area contributed by atoms with Crippen LogP contribution in [0.3, 0.4) is 0 Å². The van der Waals surface area contributed by atoms with Crippen molar-refractivity contribution in [1.82, 2.24) is 0 Å². The molecule has 19 heteroatoms. The van der Waals surface area contributed by atoms with Crippen molar-refractivity contribution in [1.29, 1.82) is 0 Å². The second kappa shape index (κ2) is 71.3. The Bertz CT molecular complexity index is 1940. The minimum absolute atomic E-state index is 0.103. The van der Waals surface area contributed by atoms with Gasteiger partial charge in [-0.15, -0.1) is 0 Å². The summed E-state index contributed by atoms with van der Waals surface area (Å²) < 4.78 is 68.6. The van der Waals surface area contributed by atoms with E-state index in [9.17, 15) is 43.2 Å². The summed E-state index contributed by atoms with van der Waals surface area (Å²) in [6, 6.07) is 0. The monoisotopic (exact) mass is 1470 g/mol. The second-order valence-electron chi connectivity index (χ2n) is 30.4. The lowest BCUT2D eigenvalue weighted by molar-refractivity contribution is -0.161. The summed E-state index contributed by atoms with van der Waals surface area (Å²) in [7, 11) is -9.92. The Kier molecular flexibility index (Phi) is 69.9. The molecule has 0 spiro atoms. The predicted octanol–water partition coefficient (Wildman–Crippen LogP) is 24.1. The first-order chi connectivity index (χ1) is 48.3. The van der Waals surface area contributed by atoms with Gasteiger partial charge in [0.15, 0.2) is 12.2 Å². The van der Waals surface area contributed by atoms with Crippen LogP contribution in [-0.2, 0) is 65.4 Å². The van der Waals surface area contributed by atoms with E-state index in [0.717, 1.165) is 102 Å². The molecule has 3 N–H and O–H groups in total. The van der Waals surface area contributed by atoms with Gasteiger partial charge < -0.3 is 33.8 Å². The molecule has 6 atom stereocenters. The molecule has 0 aliphatic heterocycles. The Morgan fingerprint density at radius 2 is 0.510 bits per heavy atom. The molecule has 100 heavy (non-hydrogen) atoms. The van der Waals surface area contributed by atoms with Crippen LogP contribution in [0.4, 0.5) is 0 Å². The minimum Gasteiger partial charge on any atom is -0.462 e. The van der Waals surface area contributed by atoms with Gasteiger partial charge in [0, 0.05) is 25.7 Å². The third-order valence-electron chi connectivity index (χ3n) is 19.2. The fourth-order valence-electron chi connectivity index (χ4n) is 12.5. The van der Waals surface area contributed by atoms with E-state index in [2.05, 4.69) is 48.5 Å². The van der Waals surface area contributed by atoms with Crippen molar-refractivity contribution in [2.75, 3.05) is 39.6 Å². The number of hydrogen-bond donors (Lipinski definition) is 3. The van der Waals surface area contributed by atoms with Gasteiger partial charge in [0.1, 0.15) is 19.3 Å². The van der Waals surface area contributed by atoms with Crippen molar-refractivity contribution < 1.29 is 80.2 Å². The molecule has 594 valence electrons. The lowest BCUT2D eigenvalue weighted by Gasteiger charge is -2.21. The van der Waals surface area contributed by atoms with E-state index in [1.54, 1.807) is 0 Å². The maximum atomic E-state index is 13.1. The van der Waals surface area contributed by atoms with Crippen molar-refractivity contribution in [3.05, 3.63) is 0 Å². The van der Waals surface area contributed by atoms with Gasteiger partial charge in [-0.3, -0.25) is 37.3 Å². The molecule has 17 nitrogen and oxygen atoms in total. The van der Waals surface area contributed by atoms with E-state index in [1.165, 1.54) is 225 Å². The zero-order valence-electron chi connectivity index (χ0n) is 65.7. The van der Waals surface area contributed by atoms with Crippen molar-refractivity contribution in [2.45, 2.75) is 439 Å². The number of rotatable bonds is 79. The molecule has 0 saturated carbocycles. The Hall–Kier alpha value is -1.94. The molecule has 0 aromatic carbocycles. The molecule has 0 aromatic rings. The SMILES string of the molecule is CCCCCCCCCCCCCCCCCCCCC(=O)OC[C@H](COP(=O)(O)OC[C@@H](O)COP(=O)(O)OC[C@@H](COC(=O)CCCCCCCCCC(C)C)OC(=O)CCCCCCCCCC(C)C)OC(=O)CCCCCCCCCCCCCCCCCCCCC(C)CC. The molecule has 0 rings (SSSR count). The molecule has 0 bridgehead atoms. The molecular formula is C81H158O17P2. The second-order valence-corrected chi connectivity index (χ2v) is 33.3. The zero-order chi connectivity index (χ0) is 73.7. The Labute approximate surface area is 613 Å². The molecule has 0 aliphatic rings. The third kappa shape index (κ3) is 73.0. The molecule has 0 amide bonds. The quantitative estimate of drug-likeness (QED) is 0.0222. The lowest BCUT2D eigenvalue weighted by Crippen LogP contribution is -2.30. The van der Waals surface area contributed by atoms with Crippen LogP contribution >= 0.6 is 15.6 Å². The van der Waals surface area contributed by atoms with E-state index in [0.29, 0.717) is 37.5 Å². The van der Waals surface area contributed by atoms with Crippen molar-refractivity contribution in [2.24, 2.45) is 17.8 Å². The number of carbonyl (C=O) groups is 4. The van der Waals surface area contributed by atoms with Gasteiger partial charge >= 0.3 is 39.5 Å². The molecular weight excluding hydrogens is 1310 g/mol. The summed E-state index contributed by atoms with van der Waals surface area (Å²) in [5.41, 5.74) is 0. The smallest absolute Gasteiger partial charge is 0.462 e. The average Bonchev–Trinajstić information content (AvgIpc) is 0.931. The first-order valence-corrected chi connectivity index (χ1v) is 44.9. The molecule has 0 radical (unpaired) electrons. The first-order valence-electron chi connectivity index (χ1n) is 41.9. The molecule has 0 aromatic heterocycles. The van der Waals surface area contributed by atoms with Gasteiger partial charge in [0.25, 0.3) is 0 Å². The topological polar surface area (TPSA) is 237 Å². The first kappa shape index (κ1) is 98.1. The van der Waals surface area contributed by atoms with E-state index in [4.69, 9.17) is 37.0 Å². The Morgan fingerprint density at radius 1 is 0.290 bits per heavy atom. The molecule has 0 aliphatic carbocycles. The summed E-state index contributed by atoms with van der Waals surface area (Å²) in [6.07, 6.45) is 60.0. The van der Waals surface area contributed by atoms with Gasteiger partial charge in [-0.2, -0.15) is 0 Å². The number of aliphatic hydroxyl groups excluding tert-OH is 1. The average molecular weight is 1470 g/mol. The van der Waals surface area contributed by atoms with Crippen LogP contribution < -0.4 is 0 Å². The van der Waals surface area contributed by atoms with Crippen LogP contribution in [0.5, 0.6) is 0 Å². The Balaban J connectivity index is 5.19. The predicted molar refractivity (Wildman–Crippen MR) is 409 cm³/mol. The van der Waals surface area contributed by atoms with Gasteiger partial charge in [0.2, 0.25) is 0 Å². The normalized spacial score (nSPS) is 14.2. The number of ether oxygens (including phenoxy) is 4. The minimum atomic E-state index is -4.96. The summed E-state index contributed by atoms with van der Waals surface area (Å²) in [4.78, 5) is 72.9. The number of phosphoric ester groups is 2. The highest BCUT2D eigenvalue weighted by Gasteiger charge is 2.30. The molecule has 3 unspecified atom stereocenters. The van der Waals surface area contributed by atoms with Crippen LogP contribution in [0.1, 0.15) is 421 Å². The lowest BCUT2D eigenvalue weighted by atomic mass is 9.99. The Morgan fingerprint density at radius 3 is 0.760 bits per heavy atom. The standard InChI is InChI=1S/C81H158O17P2/c1-8-10-11-12-13-14-15-16-17-18-22-25-28-31-34-41-48-55-62-78(83)91-68-76(97-80(85)64-57-50-42-35-32-29-26-23-20-19-21-24-27-30-33-40-47-54-61-74(7)9-2)70-95-99(87,88)93-66-75(82)67-94-100(89,90)96-71-77(98-81(86)65-58-51-44-37-39-46-53-60-73(5)6)69-92-79(84)63-56-49-43-36-38-45-52-59-72(3)4/h72-77,82H,8-71H2,1-7H3,(H,87,88)(H,89,90)/t74?,75-,76-,77-/m1/s1. The third-order valence-corrected chi connectivity index (χ3v) is 21.1. The summed E-state index contributed by atoms with van der Waals surface area (Å²) >= 11 is 0. The van der Waals surface area contributed by atoms with Gasteiger partial charge in [-0.25, -0.2) is 9.13 Å². The fourth-order valence-corrected chi connectivity index (χ4v) is 14.0. The zero-order valence-corrected chi connectivity index (χ0v) is 67.5. The van der Waals surface area contributed by atoms with Crippen molar-refractivity contribution in [3.8, 4) is 0 Å². The summed E-state index contributed by atoms with van der Waals surface area (Å²) in [5, 5.41) is 10.6. The highest BCUT2D eigenvalue weighted by molar-refractivity contribution is 7.47. The van der Waals surface area contributed by atoms with Gasteiger partial charge in [-0.05, 0) is 43.4 Å². The van der Waals surface area contributed by atoms with Crippen LogP contribution in [0, 0.1) is 17.8 Å². The number of hydrogen-bond acceptors (Lipinski definition) is 15. The van der Waals surface area contributed by atoms with Crippen LogP contribution in [0.15, 0.2) is 0 Å². The number of phosphoric acid groups is 2. The highest BCUT2D eigenvalue weighted by Crippen LogP contribution is 2.45. The maximum Gasteiger partial charge on any atom is 0.472 e. The van der Waals surface area contributed by atoms with E-state index in [-0.39, 0.29) is 25.7 Å². The number of aliphatic hydroxyl groups is 1. The van der Waals surface area contributed by atoms with Gasteiger partial charge in [0.05, 0.1) is 26.4 Å². The van der Waals surface area contributed by atoms with Crippen LogP contribution in [0.2, 0.25) is 0 Å². The number of carbonyl (C=O) groups excluding carboxylic acids is 4. The van der Waals surface area contributed by atoms with E-state index < -0.39 is 97.5 Å². The summed E-state index contributed by atoms with van der Waals surface area (Å²) in [6.45, 7) is 11.9. The molecule has 0 heterocycles. The van der Waals surface area contributed by atoms with E-state index in [1.807, 2.05) is 0 Å². The largest absolute Gasteiger partial charge is 0.472 e. The number of esters is 4. The van der Waals surface area contributed by atoms with Gasteiger partial charge in [-0.1, -0.05) is 370 Å². The highest BCUT2D eigenvalue weighted by atomic mass is 31.2. The van der Waals surface area contributed by atoms with Crippen molar-refractivity contribution >= 4 is 39.5 Å². The fraction of sp³-hybridized carbons (Fsp3) is 0.951.